The normalized spacial score (nSPS) is 12.9. The molecule has 1 N–H and O–H groups in total. The smallest absolute Gasteiger partial charge is 0.257 e. The number of hydrogen-bond donors (Lipinski definition) is 1. The van der Waals surface area contributed by atoms with Crippen LogP contribution in [0.25, 0.3) is 11.1 Å². The third-order valence-corrected chi connectivity index (χ3v) is 7.23. The minimum absolute atomic E-state index is 0.118. The molecular weight excluding hydrogens is 450 g/mol. The zero-order valence-electron chi connectivity index (χ0n) is 16.7. The third kappa shape index (κ3) is 4.72. The van der Waals surface area contributed by atoms with Crippen molar-refractivity contribution in [1.82, 2.24) is 9.29 Å². The predicted molar refractivity (Wildman–Crippen MR) is 117 cm³/mol. The fourth-order valence-electron chi connectivity index (χ4n) is 2.50. The number of hydrogen-bond acceptors (Lipinski definition) is 7. The number of amides is 1. The van der Waals surface area contributed by atoms with E-state index in [0.717, 1.165) is 16.1 Å². The Morgan fingerprint density at radius 3 is 2.63 bits per heavy atom. The van der Waals surface area contributed by atoms with Gasteiger partial charge in [0.25, 0.3) is 5.22 Å². The summed E-state index contributed by atoms with van der Waals surface area (Å²) in [6.45, 7) is 1.71. The molecule has 1 heterocycles. The van der Waals surface area contributed by atoms with E-state index in [1.807, 2.05) is 0 Å². The van der Waals surface area contributed by atoms with E-state index < -0.39 is 15.3 Å². The lowest BCUT2D eigenvalue weighted by Gasteiger charge is -2.11. The Labute approximate surface area is 183 Å². The predicted octanol–water partition coefficient (Wildman–Crippen LogP) is 3.86. The van der Waals surface area contributed by atoms with Crippen LogP contribution in [-0.2, 0) is 14.8 Å². The van der Waals surface area contributed by atoms with Gasteiger partial charge in [-0.1, -0.05) is 23.4 Å². The molecule has 0 saturated heterocycles. The monoisotopic (exact) mass is 469 g/mol. The standard InChI is InChI=1S/C19H20ClN3O5S2/c1-11(18(24)21-12-5-7-16(27-4)14(20)9-12)29-19-22-15-10-13(6-8-17(15)28-19)30(25,26)23(2)3/h5-11H,1-4H3,(H,21,24). The number of carbonyl (C=O) groups excluding carboxylic acids is 1. The molecule has 30 heavy (non-hydrogen) atoms. The van der Waals surface area contributed by atoms with Gasteiger partial charge < -0.3 is 14.5 Å². The Morgan fingerprint density at radius 2 is 2.00 bits per heavy atom. The maximum Gasteiger partial charge on any atom is 0.257 e. The SMILES string of the molecule is COc1ccc(NC(=O)C(C)Sc2nc3cc(S(=O)(=O)N(C)C)ccc3o2)cc1Cl. The molecule has 3 rings (SSSR count). The Morgan fingerprint density at radius 1 is 1.27 bits per heavy atom. The molecule has 1 amide bonds. The number of nitrogens with zero attached hydrogens (tertiary/aromatic N) is 2. The van der Waals surface area contributed by atoms with Crippen molar-refractivity contribution in [1.29, 1.82) is 0 Å². The fourth-order valence-corrected chi connectivity index (χ4v) is 4.44. The van der Waals surface area contributed by atoms with Crippen LogP contribution in [0.3, 0.4) is 0 Å². The van der Waals surface area contributed by atoms with Gasteiger partial charge in [-0.05, 0) is 43.3 Å². The summed E-state index contributed by atoms with van der Waals surface area (Å²) >= 11 is 7.20. The van der Waals surface area contributed by atoms with E-state index in [9.17, 15) is 13.2 Å². The second kappa shape index (κ2) is 8.84. The number of carbonyl (C=O) groups is 1. The number of nitrogens with one attached hydrogen (secondary N) is 1. The molecule has 3 aromatic rings. The lowest BCUT2D eigenvalue weighted by atomic mass is 10.3. The van der Waals surface area contributed by atoms with Crippen molar-refractivity contribution >= 4 is 56.1 Å². The molecular formula is C19H20ClN3O5S2. The number of halogens is 1. The quantitative estimate of drug-likeness (QED) is 0.524. The highest BCUT2D eigenvalue weighted by atomic mass is 35.5. The number of aromatic nitrogens is 1. The van der Waals surface area contributed by atoms with E-state index >= 15 is 0 Å². The Hall–Kier alpha value is -2.27. The molecule has 0 aliphatic rings. The number of ether oxygens (including phenoxy) is 1. The summed E-state index contributed by atoms with van der Waals surface area (Å²) in [5, 5.41) is 2.90. The second-order valence-corrected chi connectivity index (χ2v) is 10.3. The van der Waals surface area contributed by atoms with E-state index in [2.05, 4.69) is 10.3 Å². The maximum absolute atomic E-state index is 12.5. The Bertz CT molecular complexity index is 1190. The van der Waals surface area contributed by atoms with E-state index in [1.165, 1.54) is 33.3 Å². The highest BCUT2D eigenvalue weighted by Gasteiger charge is 2.21. The van der Waals surface area contributed by atoms with Crippen LogP contribution in [0.5, 0.6) is 5.75 Å². The molecule has 0 bridgehead atoms. The number of oxazole rings is 1. The van der Waals surface area contributed by atoms with Crippen molar-refractivity contribution in [3.8, 4) is 5.75 Å². The topological polar surface area (TPSA) is 102 Å². The van der Waals surface area contributed by atoms with Gasteiger partial charge in [-0.15, -0.1) is 0 Å². The number of anilines is 1. The molecule has 0 saturated carbocycles. The largest absolute Gasteiger partial charge is 0.495 e. The zero-order chi connectivity index (χ0) is 22.1. The number of methoxy groups -OCH3 is 1. The number of sulfonamides is 1. The van der Waals surface area contributed by atoms with Gasteiger partial charge in [0.2, 0.25) is 15.9 Å². The summed E-state index contributed by atoms with van der Waals surface area (Å²) in [4.78, 5) is 16.9. The van der Waals surface area contributed by atoms with Crippen molar-refractivity contribution in [2.24, 2.45) is 0 Å². The molecule has 0 fully saturated rings. The molecule has 0 aliphatic carbocycles. The van der Waals surface area contributed by atoms with Crippen LogP contribution < -0.4 is 10.1 Å². The number of thioether (sulfide) groups is 1. The first-order chi connectivity index (χ1) is 14.1. The van der Waals surface area contributed by atoms with Crippen LogP contribution in [0.1, 0.15) is 6.92 Å². The Kier molecular flexibility index (Phi) is 6.61. The molecule has 0 aliphatic heterocycles. The van der Waals surface area contributed by atoms with Crippen LogP contribution in [0.4, 0.5) is 5.69 Å². The van der Waals surface area contributed by atoms with Gasteiger partial charge >= 0.3 is 0 Å². The van der Waals surface area contributed by atoms with E-state index in [0.29, 0.717) is 27.6 Å². The van der Waals surface area contributed by atoms with Crippen LogP contribution in [0, 0.1) is 0 Å². The average Bonchev–Trinajstić information content (AvgIpc) is 3.09. The van der Waals surface area contributed by atoms with Crippen molar-refractivity contribution in [2.45, 2.75) is 22.3 Å². The molecule has 11 heteroatoms. The first-order valence-electron chi connectivity index (χ1n) is 8.76. The van der Waals surface area contributed by atoms with Gasteiger partial charge in [-0.2, -0.15) is 0 Å². The molecule has 8 nitrogen and oxygen atoms in total. The van der Waals surface area contributed by atoms with Gasteiger partial charge in [0.15, 0.2) is 5.58 Å². The molecule has 160 valence electrons. The lowest BCUT2D eigenvalue weighted by molar-refractivity contribution is -0.115. The van der Waals surface area contributed by atoms with Crippen LogP contribution >= 0.6 is 23.4 Å². The summed E-state index contributed by atoms with van der Waals surface area (Å²) in [6, 6.07) is 9.40. The zero-order valence-corrected chi connectivity index (χ0v) is 19.1. The van der Waals surface area contributed by atoms with Crippen molar-refractivity contribution < 1.29 is 22.4 Å². The van der Waals surface area contributed by atoms with Gasteiger partial charge in [-0.25, -0.2) is 17.7 Å². The van der Waals surface area contributed by atoms with Gasteiger partial charge in [0.05, 0.1) is 22.3 Å². The van der Waals surface area contributed by atoms with Crippen molar-refractivity contribution in [3.05, 3.63) is 41.4 Å². The highest BCUT2D eigenvalue weighted by Crippen LogP contribution is 2.30. The van der Waals surface area contributed by atoms with Gasteiger partial charge in [0, 0.05) is 19.8 Å². The van der Waals surface area contributed by atoms with E-state index in [1.54, 1.807) is 31.2 Å². The fraction of sp³-hybridized carbons (Fsp3) is 0.263. The molecule has 0 radical (unpaired) electrons. The first kappa shape index (κ1) is 22.4. The molecule has 1 aromatic heterocycles. The Balaban J connectivity index is 1.73. The van der Waals surface area contributed by atoms with Crippen molar-refractivity contribution in [3.63, 3.8) is 0 Å². The number of benzene rings is 2. The number of rotatable bonds is 7. The van der Waals surface area contributed by atoms with Gasteiger partial charge in [0.1, 0.15) is 11.3 Å². The summed E-state index contributed by atoms with van der Waals surface area (Å²) in [6.07, 6.45) is 0. The third-order valence-electron chi connectivity index (χ3n) is 4.18. The molecule has 1 unspecified atom stereocenters. The second-order valence-electron chi connectivity index (χ2n) is 6.50. The minimum Gasteiger partial charge on any atom is -0.495 e. The van der Waals surface area contributed by atoms with Crippen LogP contribution in [0.15, 0.2) is 50.9 Å². The maximum atomic E-state index is 12.5. The van der Waals surface area contributed by atoms with Crippen LogP contribution in [-0.4, -0.2) is 50.1 Å². The van der Waals surface area contributed by atoms with E-state index in [4.69, 9.17) is 20.8 Å². The highest BCUT2D eigenvalue weighted by molar-refractivity contribution is 8.00. The summed E-state index contributed by atoms with van der Waals surface area (Å²) < 4.78 is 36.4. The minimum atomic E-state index is -3.58. The summed E-state index contributed by atoms with van der Waals surface area (Å²) in [7, 11) is 0.850. The summed E-state index contributed by atoms with van der Waals surface area (Å²) in [5.74, 6) is 0.249. The molecule has 1 atom stereocenters. The van der Waals surface area contributed by atoms with Gasteiger partial charge in [-0.3, -0.25) is 4.79 Å². The first-order valence-corrected chi connectivity index (χ1v) is 11.5. The summed E-state index contributed by atoms with van der Waals surface area (Å²) in [5.41, 5.74) is 1.37. The lowest BCUT2D eigenvalue weighted by Crippen LogP contribution is -2.22. The van der Waals surface area contributed by atoms with Crippen LogP contribution in [0.2, 0.25) is 5.02 Å². The number of fused-ring (bicyclic) bond motifs is 1. The molecule has 2 aromatic carbocycles. The van der Waals surface area contributed by atoms with Crippen molar-refractivity contribution in [2.75, 3.05) is 26.5 Å². The molecule has 0 spiro atoms. The average molecular weight is 470 g/mol. The van der Waals surface area contributed by atoms with E-state index in [-0.39, 0.29) is 16.0 Å².